The summed E-state index contributed by atoms with van der Waals surface area (Å²) >= 11 is 0. The standard InChI is InChI=1S/C19H18N4O5/c1-22-16-10(8-20-17-14(16)7-15(21-17)18(24)25)9-23(19(22)26)11-4-12(27-2)6-13(5-11)28-3/h4-8H,9H2,1-3H3,(H,20,21)(H,24,25). The molecule has 2 amide bonds. The van der Waals surface area contributed by atoms with Gasteiger partial charge in [0.05, 0.1) is 32.1 Å². The summed E-state index contributed by atoms with van der Waals surface area (Å²) in [4.78, 5) is 34.5. The minimum absolute atomic E-state index is 0.0247. The molecule has 4 rings (SSSR count). The molecule has 0 unspecified atom stereocenters. The number of benzene rings is 1. The number of carboxylic acid groups (broad SMARTS) is 1. The Kier molecular flexibility index (Phi) is 4.07. The summed E-state index contributed by atoms with van der Waals surface area (Å²) in [7, 11) is 4.74. The molecule has 0 atom stereocenters. The van der Waals surface area contributed by atoms with Crippen LogP contribution in [0.1, 0.15) is 16.1 Å². The number of nitrogens with one attached hydrogen (secondary N) is 1. The number of hydrogen-bond donors (Lipinski definition) is 2. The number of amides is 2. The highest BCUT2D eigenvalue weighted by Crippen LogP contribution is 2.38. The predicted molar refractivity (Wildman–Crippen MR) is 103 cm³/mol. The van der Waals surface area contributed by atoms with E-state index in [1.54, 1.807) is 50.6 Å². The number of aromatic amines is 1. The Labute approximate surface area is 160 Å². The maximum Gasteiger partial charge on any atom is 0.352 e. The van der Waals surface area contributed by atoms with Crippen LogP contribution in [0.15, 0.2) is 30.5 Å². The Bertz CT molecular complexity index is 1080. The Balaban J connectivity index is 1.82. The van der Waals surface area contributed by atoms with Gasteiger partial charge in [-0.3, -0.25) is 9.80 Å². The number of carboxylic acids is 1. The Morgan fingerprint density at radius 2 is 1.86 bits per heavy atom. The highest BCUT2D eigenvalue weighted by Gasteiger charge is 2.32. The summed E-state index contributed by atoms with van der Waals surface area (Å²) in [5.41, 5.74) is 2.51. The number of H-pyrrole nitrogens is 1. The number of ether oxygens (including phenoxy) is 2. The van der Waals surface area contributed by atoms with Crippen molar-refractivity contribution in [1.29, 1.82) is 0 Å². The first-order valence-corrected chi connectivity index (χ1v) is 8.45. The summed E-state index contributed by atoms with van der Waals surface area (Å²) in [6, 6.07) is 6.48. The molecule has 0 radical (unpaired) electrons. The van der Waals surface area contributed by atoms with Crippen molar-refractivity contribution in [2.75, 3.05) is 31.1 Å². The molecule has 1 aliphatic heterocycles. The number of aromatic carboxylic acids is 1. The highest BCUT2D eigenvalue weighted by atomic mass is 16.5. The van der Waals surface area contributed by atoms with Crippen molar-refractivity contribution in [3.63, 3.8) is 0 Å². The third-order valence-corrected chi connectivity index (χ3v) is 4.77. The number of carbonyl (C=O) groups is 2. The van der Waals surface area contributed by atoms with Gasteiger partial charge in [-0.2, -0.15) is 0 Å². The van der Waals surface area contributed by atoms with E-state index in [0.717, 1.165) is 5.56 Å². The summed E-state index contributed by atoms with van der Waals surface area (Å²) < 4.78 is 10.6. The van der Waals surface area contributed by atoms with Crippen molar-refractivity contribution in [2.24, 2.45) is 0 Å². The number of urea groups is 1. The fourth-order valence-corrected chi connectivity index (χ4v) is 3.39. The van der Waals surface area contributed by atoms with E-state index in [1.165, 1.54) is 11.0 Å². The summed E-state index contributed by atoms with van der Waals surface area (Å²) in [5, 5.41) is 9.82. The van der Waals surface area contributed by atoms with Crippen LogP contribution < -0.4 is 19.3 Å². The lowest BCUT2D eigenvalue weighted by Crippen LogP contribution is -2.45. The molecule has 2 aromatic heterocycles. The average molecular weight is 382 g/mol. The van der Waals surface area contributed by atoms with Crippen molar-refractivity contribution in [1.82, 2.24) is 9.97 Å². The average Bonchev–Trinajstić information content (AvgIpc) is 3.14. The maximum absolute atomic E-state index is 13.1. The number of nitrogens with zero attached hydrogens (tertiary/aromatic N) is 3. The number of rotatable bonds is 4. The minimum Gasteiger partial charge on any atom is -0.497 e. The van der Waals surface area contributed by atoms with Gasteiger partial charge in [0.2, 0.25) is 0 Å². The molecule has 0 bridgehead atoms. The van der Waals surface area contributed by atoms with Gasteiger partial charge < -0.3 is 19.6 Å². The van der Waals surface area contributed by atoms with Crippen LogP contribution in [0.2, 0.25) is 0 Å². The lowest BCUT2D eigenvalue weighted by Gasteiger charge is -2.35. The SMILES string of the molecule is COc1cc(OC)cc(N2Cc3cnc4[nH]c(C(=O)O)cc4c3N(C)C2=O)c1. The molecular weight excluding hydrogens is 364 g/mol. The number of methoxy groups -OCH3 is 2. The number of hydrogen-bond acceptors (Lipinski definition) is 5. The smallest absolute Gasteiger partial charge is 0.352 e. The first kappa shape index (κ1) is 17.7. The molecule has 144 valence electrons. The van der Waals surface area contributed by atoms with Crippen LogP contribution in [0.3, 0.4) is 0 Å². The van der Waals surface area contributed by atoms with E-state index in [-0.39, 0.29) is 18.3 Å². The number of carbonyl (C=O) groups excluding carboxylic acids is 1. The largest absolute Gasteiger partial charge is 0.497 e. The molecule has 1 aliphatic rings. The number of anilines is 2. The van der Waals surface area contributed by atoms with E-state index in [9.17, 15) is 14.7 Å². The molecule has 0 spiro atoms. The Hall–Kier alpha value is -3.75. The lowest BCUT2D eigenvalue weighted by molar-refractivity contribution is 0.0691. The van der Waals surface area contributed by atoms with Crippen LogP contribution in [-0.2, 0) is 6.54 Å². The van der Waals surface area contributed by atoms with Gasteiger partial charge in [0.25, 0.3) is 0 Å². The van der Waals surface area contributed by atoms with Crippen molar-refractivity contribution in [3.05, 3.63) is 41.7 Å². The predicted octanol–water partition coefficient (Wildman–Crippen LogP) is 2.85. The third-order valence-electron chi connectivity index (χ3n) is 4.77. The van der Waals surface area contributed by atoms with E-state index >= 15 is 0 Å². The van der Waals surface area contributed by atoms with Crippen molar-refractivity contribution in [2.45, 2.75) is 6.54 Å². The van der Waals surface area contributed by atoms with Crippen LogP contribution in [0.5, 0.6) is 11.5 Å². The highest BCUT2D eigenvalue weighted by molar-refractivity contribution is 6.11. The van der Waals surface area contributed by atoms with Gasteiger partial charge in [0.15, 0.2) is 0 Å². The Morgan fingerprint density at radius 1 is 1.18 bits per heavy atom. The van der Waals surface area contributed by atoms with Crippen LogP contribution in [0.4, 0.5) is 16.2 Å². The molecule has 3 aromatic rings. The van der Waals surface area contributed by atoms with Gasteiger partial charge in [-0.1, -0.05) is 0 Å². The van der Waals surface area contributed by atoms with E-state index < -0.39 is 5.97 Å². The van der Waals surface area contributed by atoms with Gasteiger partial charge in [-0.25, -0.2) is 14.6 Å². The fraction of sp³-hybridized carbons (Fsp3) is 0.211. The quantitative estimate of drug-likeness (QED) is 0.718. The monoisotopic (exact) mass is 382 g/mol. The van der Waals surface area contributed by atoms with Gasteiger partial charge in [-0.15, -0.1) is 0 Å². The van der Waals surface area contributed by atoms with E-state index in [4.69, 9.17) is 9.47 Å². The van der Waals surface area contributed by atoms with Crippen LogP contribution in [0, 0.1) is 0 Å². The lowest BCUT2D eigenvalue weighted by atomic mass is 10.1. The summed E-state index contributed by atoms with van der Waals surface area (Å²) in [6.45, 7) is 0.283. The zero-order valence-electron chi connectivity index (χ0n) is 15.5. The second-order valence-corrected chi connectivity index (χ2v) is 6.38. The molecule has 9 nitrogen and oxygen atoms in total. The van der Waals surface area contributed by atoms with Crippen LogP contribution in [0.25, 0.3) is 11.0 Å². The third kappa shape index (κ3) is 2.68. The first-order chi connectivity index (χ1) is 13.4. The summed E-state index contributed by atoms with van der Waals surface area (Å²) in [6.07, 6.45) is 1.65. The van der Waals surface area contributed by atoms with Gasteiger partial charge >= 0.3 is 12.0 Å². The molecule has 1 aromatic carbocycles. The summed E-state index contributed by atoms with van der Waals surface area (Å²) in [5.74, 6) is 0.0588. The normalized spacial score (nSPS) is 13.6. The van der Waals surface area contributed by atoms with E-state index in [0.29, 0.717) is 33.9 Å². The second-order valence-electron chi connectivity index (χ2n) is 6.38. The molecule has 0 saturated heterocycles. The van der Waals surface area contributed by atoms with Crippen LogP contribution >= 0.6 is 0 Å². The van der Waals surface area contributed by atoms with Gasteiger partial charge in [0, 0.05) is 42.4 Å². The first-order valence-electron chi connectivity index (χ1n) is 8.45. The second kappa shape index (κ2) is 6.45. The fourth-order valence-electron chi connectivity index (χ4n) is 3.39. The van der Waals surface area contributed by atoms with E-state index in [1.807, 2.05) is 0 Å². The molecule has 0 saturated carbocycles. The molecule has 9 heteroatoms. The van der Waals surface area contributed by atoms with Crippen LogP contribution in [-0.4, -0.2) is 48.3 Å². The minimum atomic E-state index is -1.08. The number of aromatic nitrogens is 2. The molecule has 0 fully saturated rings. The van der Waals surface area contributed by atoms with E-state index in [2.05, 4.69) is 9.97 Å². The van der Waals surface area contributed by atoms with Crippen molar-refractivity contribution >= 4 is 34.4 Å². The maximum atomic E-state index is 13.1. The van der Waals surface area contributed by atoms with Crippen molar-refractivity contribution < 1.29 is 24.2 Å². The number of pyridine rings is 1. The molecule has 3 heterocycles. The molecular formula is C19H18N4O5. The zero-order valence-corrected chi connectivity index (χ0v) is 15.5. The zero-order chi connectivity index (χ0) is 20.0. The molecule has 0 aliphatic carbocycles. The molecule has 2 N–H and O–H groups in total. The van der Waals surface area contributed by atoms with Gasteiger partial charge in [-0.05, 0) is 6.07 Å². The number of fused-ring (bicyclic) bond motifs is 3. The van der Waals surface area contributed by atoms with Crippen molar-refractivity contribution in [3.8, 4) is 11.5 Å². The topological polar surface area (TPSA) is 108 Å². The van der Waals surface area contributed by atoms with Gasteiger partial charge in [0.1, 0.15) is 22.8 Å². The Morgan fingerprint density at radius 3 is 2.46 bits per heavy atom. The molecule has 28 heavy (non-hydrogen) atoms.